The molecule has 2 aliphatic heterocycles. The summed E-state index contributed by atoms with van der Waals surface area (Å²) in [6.45, 7) is 10.9. The summed E-state index contributed by atoms with van der Waals surface area (Å²) in [5.41, 5.74) is 3.05. The van der Waals surface area contributed by atoms with E-state index in [0.29, 0.717) is 42.1 Å². The van der Waals surface area contributed by atoms with E-state index in [4.69, 9.17) is 4.99 Å². The quantitative estimate of drug-likeness (QED) is 0.246. The van der Waals surface area contributed by atoms with Crippen LogP contribution in [0.15, 0.2) is 58.5 Å². The summed E-state index contributed by atoms with van der Waals surface area (Å²) in [6.07, 6.45) is 8.61. The third kappa shape index (κ3) is 6.49. The zero-order valence-corrected chi connectivity index (χ0v) is 29.5. The van der Waals surface area contributed by atoms with Crippen molar-refractivity contribution >= 4 is 33.5 Å². The molecule has 2 fully saturated rings. The fraction of sp³-hybridized carbons (Fsp3) is 0.486. The molecular formula is C37H46N6O4S. The summed E-state index contributed by atoms with van der Waals surface area (Å²) in [6, 6.07) is 12.8. The molecular weight excluding hydrogens is 625 g/mol. The van der Waals surface area contributed by atoms with E-state index in [1.165, 1.54) is 6.20 Å². The van der Waals surface area contributed by atoms with E-state index in [0.717, 1.165) is 68.3 Å². The van der Waals surface area contributed by atoms with Gasteiger partial charge in [-0.2, -0.15) is 0 Å². The molecule has 1 saturated carbocycles. The number of carbonyl (C=O) groups is 2. The molecule has 1 saturated heterocycles. The Balaban J connectivity index is 1.39. The lowest BCUT2D eigenvalue weighted by atomic mass is 9.92. The van der Waals surface area contributed by atoms with Gasteiger partial charge >= 0.3 is 0 Å². The molecule has 3 heterocycles. The van der Waals surface area contributed by atoms with Gasteiger partial charge in [-0.15, -0.1) is 0 Å². The van der Waals surface area contributed by atoms with Crippen LogP contribution in [0.5, 0.6) is 0 Å². The van der Waals surface area contributed by atoms with E-state index in [2.05, 4.69) is 21.6 Å². The number of aliphatic imine (C=N–C) groups is 1. The number of hydrogen-bond acceptors (Lipinski definition) is 7. The molecule has 10 nitrogen and oxygen atoms in total. The molecule has 1 spiro atoms. The first kappa shape index (κ1) is 33.8. The van der Waals surface area contributed by atoms with Crippen LogP contribution < -0.4 is 4.72 Å². The molecule has 1 aromatic heterocycles. The van der Waals surface area contributed by atoms with Crippen LogP contribution in [0.2, 0.25) is 0 Å². The Morgan fingerprint density at radius 1 is 0.938 bits per heavy atom. The van der Waals surface area contributed by atoms with E-state index in [-0.39, 0.29) is 22.5 Å². The van der Waals surface area contributed by atoms with Crippen LogP contribution in [0, 0.1) is 19.3 Å². The van der Waals surface area contributed by atoms with Gasteiger partial charge < -0.3 is 4.90 Å². The Kier molecular flexibility index (Phi) is 9.19. The Morgan fingerprint density at radius 3 is 2.38 bits per heavy atom. The van der Waals surface area contributed by atoms with Crippen LogP contribution in [0.4, 0.5) is 5.82 Å². The summed E-state index contributed by atoms with van der Waals surface area (Å²) in [7, 11) is -4.07. The minimum atomic E-state index is -4.07. The summed E-state index contributed by atoms with van der Waals surface area (Å²) in [5.74, 6) is 1.20. The Labute approximate surface area is 284 Å². The highest BCUT2D eigenvalue weighted by molar-refractivity contribution is 7.92. The number of sulfonamides is 1. The molecule has 3 aromatic rings. The predicted octanol–water partition coefficient (Wildman–Crippen LogP) is 6.56. The number of amides is 2. The first-order chi connectivity index (χ1) is 22.8. The number of likely N-dealkylation sites (tertiary alicyclic amines) is 1. The number of benzene rings is 2. The van der Waals surface area contributed by atoms with Crippen molar-refractivity contribution < 1.29 is 18.0 Å². The van der Waals surface area contributed by atoms with Crippen molar-refractivity contribution in [1.29, 1.82) is 0 Å². The topological polar surface area (TPSA) is 125 Å². The lowest BCUT2D eigenvalue weighted by Gasteiger charge is -2.25. The van der Waals surface area contributed by atoms with Crippen molar-refractivity contribution in [2.45, 2.75) is 110 Å². The van der Waals surface area contributed by atoms with Crippen molar-refractivity contribution in [2.24, 2.45) is 10.4 Å². The Morgan fingerprint density at radius 2 is 1.69 bits per heavy atom. The third-order valence-corrected chi connectivity index (χ3v) is 11.4. The maximum Gasteiger partial charge on any atom is 0.263 e. The molecule has 48 heavy (non-hydrogen) atoms. The summed E-state index contributed by atoms with van der Waals surface area (Å²) in [5, 5.41) is 0. The SMILES string of the molecule is CCCCC1=NC2(CCCC2)C(=O)N1Cc1ccc(-c2ccccc2S(=O)(=O)Nc2ncc(C)nc2C)c(CN2CCC(C)(C)C2=O)c1. The fourth-order valence-corrected chi connectivity index (χ4v) is 8.52. The molecule has 0 bridgehead atoms. The van der Waals surface area contributed by atoms with Gasteiger partial charge in [-0.3, -0.25) is 29.2 Å². The van der Waals surface area contributed by atoms with Crippen molar-refractivity contribution in [3.05, 3.63) is 71.2 Å². The van der Waals surface area contributed by atoms with Crippen LogP contribution in [0.25, 0.3) is 11.1 Å². The standard InChI is InChI=1S/C37H46N6O4S/c1-6-7-14-32-40-37(17-10-11-18-37)35(45)43(32)23-27-15-16-29(28(21-27)24-42-20-19-36(4,5)34(42)44)30-12-8-9-13-31(30)48(46,47)41-33-26(3)39-25(2)22-38-33/h8-9,12-13,15-16,21-22H,6-7,10-11,14,17-20,23-24H2,1-5H3,(H,38,41). The number of unbranched alkanes of at least 4 members (excludes halogenated alkanes) is 1. The highest BCUT2D eigenvalue weighted by Gasteiger charge is 2.49. The monoisotopic (exact) mass is 670 g/mol. The minimum absolute atomic E-state index is 0.0710. The lowest BCUT2D eigenvalue weighted by Crippen LogP contribution is -2.40. The lowest BCUT2D eigenvalue weighted by molar-refractivity contribution is -0.135. The van der Waals surface area contributed by atoms with Crippen molar-refractivity contribution in [3.8, 4) is 11.1 Å². The molecule has 1 aliphatic carbocycles. The molecule has 0 unspecified atom stereocenters. The number of rotatable bonds is 11. The molecule has 254 valence electrons. The molecule has 0 atom stereocenters. The number of hydrogen-bond donors (Lipinski definition) is 1. The number of nitrogens with one attached hydrogen (secondary N) is 1. The van der Waals surface area contributed by atoms with Gasteiger partial charge in [0.15, 0.2) is 5.82 Å². The van der Waals surface area contributed by atoms with Crippen molar-refractivity contribution in [2.75, 3.05) is 11.3 Å². The molecule has 3 aliphatic rings. The zero-order valence-electron chi connectivity index (χ0n) is 28.7. The molecule has 1 N–H and O–H groups in total. The number of aromatic nitrogens is 2. The summed E-state index contributed by atoms with van der Waals surface area (Å²) < 4.78 is 30.4. The number of anilines is 1. The van der Waals surface area contributed by atoms with Gasteiger partial charge in [0.2, 0.25) is 5.91 Å². The van der Waals surface area contributed by atoms with E-state index >= 15 is 0 Å². The van der Waals surface area contributed by atoms with Gasteiger partial charge in [0.1, 0.15) is 11.4 Å². The Hall–Kier alpha value is -4.12. The van der Waals surface area contributed by atoms with E-state index in [9.17, 15) is 18.0 Å². The molecule has 11 heteroatoms. The van der Waals surface area contributed by atoms with Gasteiger partial charge in [0, 0.05) is 30.5 Å². The first-order valence-corrected chi connectivity index (χ1v) is 18.6. The number of carbonyl (C=O) groups excluding carboxylic acids is 2. The van der Waals surface area contributed by atoms with E-state index < -0.39 is 21.0 Å². The zero-order chi connectivity index (χ0) is 34.3. The summed E-state index contributed by atoms with van der Waals surface area (Å²) in [4.78, 5) is 44.8. The maximum absolute atomic E-state index is 13.9. The smallest absolute Gasteiger partial charge is 0.263 e. The molecule has 6 rings (SSSR count). The fourth-order valence-electron chi connectivity index (χ4n) is 7.23. The van der Waals surface area contributed by atoms with Gasteiger partial charge in [0.25, 0.3) is 15.9 Å². The second-order valence-corrected chi connectivity index (χ2v) is 15.8. The average Bonchev–Trinajstić information content (AvgIpc) is 3.71. The van der Waals surface area contributed by atoms with Crippen LogP contribution in [0.1, 0.15) is 94.7 Å². The van der Waals surface area contributed by atoms with Gasteiger partial charge in [0.05, 0.1) is 29.0 Å². The average molecular weight is 671 g/mol. The van der Waals surface area contributed by atoms with E-state index in [1.807, 2.05) is 47.9 Å². The second-order valence-electron chi connectivity index (χ2n) is 14.2. The molecule has 0 radical (unpaired) electrons. The number of amidine groups is 1. The van der Waals surface area contributed by atoms with Crippen LogP contribution >= 0.6 is 0 Å². The highest BCUT2D eigenvalue weighted by Crippen LogP contribution is 2.41. The van der Waals surface area contributed by atoms with Gasteiger partial charge in [-0.25, -0.2) is 13.4 Å². The second kappa shape index (κ2) is 13.1. The van der Waals surface area contributed by atoms with Crippen LogP contribution in [0.3, 0.4) is 0 Å². The van der Waals surface area contributed by atoms with Crippen molar-refractivity contribution in [1.82, 2.24) is 19.8 Å². The molecule has 2 aromatic carbocycles. The number of nitrogens with zero attached hydrogens (tertiary/aromatic N) is 5. The van der Waals surface area contributed by atoms with Gasteiger partial charge in [-0.1, -0.05) is 76.4 Å². The largest absolute Gasteiger partial charge is 0.338 e. The third-order valence-electron chi connectivity index (χ3n) is 9.99. The first-order valence-electron chi connectivity index (χ1n) is 17.1. The predicted molar refractivity (Wildman–Crippen MR) is 187 cm³/mol. The van der Waals surface area contributed by atoms with Crippen LogP contribution in [-0.4, -0.2) is 57.9 Å². The Bertz CT molecular complexity index is 1880. The van der Waals surface area contributed by atoms with E-state index in [1.54, 1.807) is 32.0 Å². The minimum Gasteiger partial charge on any atom is -0.338 e. The van der Waals surface area contributed by atoms with Gasteiger partial charge in [-0.05, 0) is 62.3 Å². The highest BCUT2D eigenvalue weighted by atomic mass is 32.2. The van der Waals surface area contributed by atoms with Crippen LogP contribution in [-0.2, 0) is 32.7 Å². The maximum atomic E-state index is 13.9. The normalized spacial score (nSPS) is 18.6. The number of aryl methyl sites for hydroxylation is 2. The molecule has 2 amide bonds. The van der Waals surface area contributed by atoms with Crippen molar-refractivity contribution in [3.63, 3.8) is 0 Å². The summed E-state index contributed by atoms with van der Waals surface area (Å²) >= 11 is 0.